The highest BCUT2D eigenvalue weighted by Gasteiger charge is 1.57. The van der Waals surface area contributed by atoms with Crippen molar-refractivity contribution in [2.24, 2.45) is 0 Å². The molecule has 6 heavy (non-hydrogen) atoms. The van der Waals surface area contributed by atoms with E-state index in [2.05, 4.69) is 0 Å². The monoisotopic (exact) mass is 87.1 g/mol. The van der Waals surface area contributed by atoms with Crippen molar-refractivity contribution in [3.63, 3.8) is 0 Å². The minimum atomic E-state index is 0.952. The summed E-state index contributed by atoms with van der Waals surface area (Å²) in [5.41, 5.74) is 1.89. The zero-order valence-corrected chi connectivity index (χ0v) is 3.81. The van der Waals surface area contributed by atoms with Crippen LogP contribution in [0.5, 0.6) is 0 Å². The van der Waals surface area contributed by atoms with Gasteiger partial charge < -0.3 is 0 Å². The summed E-state index contributed by atoms with van der Waals surface area (Å²) in [6.45, 7) is 1.99. The fourth-order valence-corrected chi connectivity index (χ4v) is 0.171. The lowest BCUT2D eigenvalue weighted by Gasteiger charge is -1.78. The molecule has 0 spiro atoms. The molecule has 0 rings (SSSR count). The molecule has 0 aromatic rings. The normalized spacial score (nSPS) is 9.67. The standard InChI is InChI=1S/C4H9NO/c1-2-3-4-5-6/h3-6H,2H2,1H3/b4-3-. The quantitative estimate of drug-likeness (QED) is 0.490. The van der Waals surface area contributed by atoms with Gasteiger partial charge >= 0.3 is 0 Å². The van der Waals surface area contributed by atoms with Crippen molar-refractivity contribution in [3.8, 4) is 0 Å². The Morgan fingerprint density at radius 3 is 2.67 bits per heavy atom. The first-order valence-corrected chi connectivity index (χ1v) is 1.96. The molecule has 36 valence electrons. The van der Waals surface area contributed by atoms with E-state index in [1.54, 1.807) is 0 Å². The molecule has 2 heteroatoms. The summed E-state index contributed by atoms with van der Waals surface area (Å²) in [4.78, 5) is 0. The Hall–Kier alpha value is -0.500. The van der Waals surface area contributed by atoms with Gasteiger partial charge in [-0.2, -0.15) is 0 Å². The molecule has 2 nitrogen and oxygen atoms in total. The Morgan fingerprint density at radius 1 is 1.83 bits per heavy atom. The van der Waals surface area contributed by atoms with Crippen LogP contribution in [0.4, 0.5) is 0 Å². The summed E-state index contributed by atoms with van der Waals surface area (Å²) in [7, 11) is 0. The molecule has 0 fully saturated rings. The van der Waals surface area contributed by atoms with Gasteiger partial charge in [-0.1, -0.05) is 13.0 Å². The first-order valence-electron chi connectivity index (χ1n) is 1.96. The SMILES string of the molecule is CC/C=C\NO. The fourth-order valence-electron chi connectivity index (χ4n) is 0.171. The van der Waals surface area contributed by atoms with Crippen molar-refractivity contribution in [2.45, 2.75) is 13.3 Å². The Bertz CT molecular complexity index is 36.8. The predicted octanol–water partition coefficient (Wildman–Crippen LogP) is 0.889. The second kappa shape index (κ2) is 4.50. The van der Waals surface area contributed by atoms with Crippen LogP contribution >= 0.6 is 0 Å². The molecule has 0 unspecified atom stereocenters. The number of hydrogen-bond donors (Lipinski definition) is 2. The maximum atomic E-state index is 7.86. The van der Waals surface area contributed by atoms with Crippen LogP contribution in [0.3, 0.4) is 0 Å². The average molecular weight is 87.1 g/mol. The number of allylic oxidation sites excluding steroid dienone is 1. The molecule has 0 atom stereocenters. The van der Waals surface area contributed by atoms with Gasteiger partial charge in [-0.15, -0.1) is 0 Å². The lowest BCUT2D eigenvalue weighted by molar-refractivity contribution is 0.214. The summed E-state index contributed by atoms with van der Waals surface area (Å²) >= 11 is 0. The number of hydroxylamine groups is 1. The Morgan fingerprint density at radius 2 is 2.50 bits per heavy atom. The van der Waals surface area contributed by atoms with Crippen LogP contribution in [0.2, 0.25) is 0 Å². The van der Waals surface area contributed by atoms with Gasteiger partial charge in [-0.3, -0.25) is 10.7 Å². The zero-order valence-electron chi connectivity index (χ0n) is 3.81. The Labute approximate surface area is 37.4 Å². The lowest BCUT2D eigenvalue weighted by Crippen LogP contribution is -1.91. The fraction of sp³-hybridized carbons (Fsp3) is 0.500. The summed E-state index contributed by atoms with van der Waals surface area (Å²) in [6, 6.07) is 0. The van der Waals surface area contributed by atoms with Crippen molar-refractivity contribution in [1.82, 2.24) is 5.48 Å². The maximum Gasteiger partial charge on any atom is 0.0200 e. The van der Waals surface area contributed by atoms with Crippen molar-refractivity contribution >= 4 is 0 Å². The topological polar surface area (TPSA) is 32.3 Å². The third-order valence-electron chi connectivity index (χ3n) is 0.428. The molecule has 0 aromatic carbocycles. The van der Waals surface area contributed by atoms with Crippen molar-refractivity contribution < 1.29 is 5.21 Å². The number of rotatable bonds is 2. The molecule has 0 heterocycles. The van der Waals surface area contributed by atoms with Gasteiger partial charge in [0.15, 0.2) is 0 Å². The van der Waals surface area contributed by atoms with E-state index >= 15 is 0 Å². The molecule has 0 aliphatic heterocycles. The molecular formula is C4H9NO. The molecule has 0 amide bonds. The molecule has 0 aliphatic carbocycles. The maximum absolute atomic E-state index is 7.86. The van der Waals surface area contributed by atoms with E-state index < -0.39 is 0 Å². The van der Waals surface area contributed by atoms with Crippen molar-refractivity contribution in [2.75, 3.05) is 0 Å². The van der Waals surface area contributed by atoms with Crippen molar-refractivity contribution in [1.29, 1.82) is 0 Å². The van der Waals surface area contributed by atoms with Gasteiger partial charge in [0.2, 0.25) is 0 Å². The lowest BCUT2D eigenvalue weighted by atomic mass is 10.5. The highest BCUT2D eigenvalue weighted by molar-refractivity contribution is 4.73. The van der Waals surface area contributed by atoms with Crippen LogP contribution in [-0.4, -0.2) is 5.21 Å². The van der Waals surface area contributed by atoms with E-state index in [9.17, 15) is 0 Å². The predicted molar refractivity (Wildman–Crippen MR) is 24.4 cm³/mol. The van der Waals surface area contributed by atoms with E-state index in [0.29, 0.717) is 0 Å². The van der Waals surface area contributed by atoms with E-state index in [1.807, 2.05) is 18.5 Å². The summed E-state index contributed by atoms with van der Waals surface area (Å²) in [5, 5.41) is 7.86. The van der Waals surface area contributed by atoms with Crippen LogP contribution in [0.15, 0.2) is 12.3 Å². The third kappa shape index (κ3) is 3.50. The molecule has 0 saturated carbocycles. The van der Waals surface area contributed by atoms with Crippen molar-refractivity contribution in [3.05, 3.63) is 12.3 Å². The van der Waals surface area contributed by atoms with Crippen LogP contribution in [-0.2, 0) is 0 Å². The summed E-state index contributed by atoms with van der Waals surface area (Å²) < 4.78 is 0. The first kappa shape index (κ1) is 5.50. The van der Waals surface area contributed by atoms with Gasteiger partial charge in [0.25, 0.3) is 0 Å². The molecule has 0 aromatic heterocycles. The smallest absolute Gasteiger partial charge is 0.0200 e. The van der Waals surface area contributed by atoms with Crippen LogP contribution < -0.4 is 5.48 Å². The molecule has 0 aliphatic rings. The van der Waals surface area contributed by atoms with Gasteiger partial charge in [0.1, 0.15) is 0 Å². The van der Waals surface area contributed by atoms with Gasteiger partial charge in [-0.05, 0) is 6.42 Å². The molecule has 2 N–H and O–H groups in total. The van der Waals surface area contributed by atoms with Crippen LogP contribution in [0.1, 0.15) is 13.3 Å². The summed E-state index contributed by atoms with van der Waals surface area (Å²) in [5.74, 6) is 0. The number of hydrogen-bond acceptors (Lipinski definition) is 2. The van der Waals surface area contributed by atoms with Crippen LogP contribution in [0, 0.1) is 0 Å². The van der Waals surface area contributed by atoms with E-state index in [0.717, 1.165) is 6.42 Å². The van der Waals surface area contributed by atoms with Gasteiger partial charge in [0, 0.05) is 6.20 Å². The molecule has 0 radical (unpaired) electrons. The summed E-state index contributed by atoms with van der Waals surface area (Å²) in [6.07, 6.45) is 4.26. The molecule has 0 bridgehead atoms. The largest absolute Gasteiger partial charge is 0.292 e. The minimum Gasteiger partial charge on any atom is -0.292 e. The third-order valence-corrected chi connectivity index (χ3v) is 0.428. The Balaban J connectivity index is 2.73. The second-order valence-electron chi connectivity index (χ2n) is 0.940. The van der Waals surface area contributed by atoms with E-state index in [-0.39, 0.29) is 0 Å². The average Bonchev–Trinajstić information content (AvgIpc) is 1.61. The number of nitrogens with one attached hydrogen (secondary N) is 1. The first-order chi connectivity index (χ1) is 2.91. The van der Waals surface area contributed by atoms with Gasteiger partial charge in [-0.25, -0.2) is 0 Å². The van der Waals surface area contributed by atoms with E-state index in [1.165, 1.54) is 6.20 Å². The van der Waals surface area contributed by atoms with E-state index in [4.69, 9.17) is 5.21 Å². The zero-order chi connectivity index (χ0) is 4.83. The molecule has 0 saturated heterocycles. The van der Waals surface area contributed by atoms with Gasteiger partial charge in [0.05, 0.1) is 0 Å². The highest BCUT2D eigenvalue weighted by atomic mass is 16.5. The second-order valence-corrected chi connectivity index (χ2v) is 0.940. The minimum absolute atomic E-state index is 0.952. The Kier molecular flexibility index (Phi) is 4.12. The highest BCUT2D eigenvalue weighted by Crippen LogP contribution is 1.71. The molecular weight excluding hydrogens is 78.0 g/mol. The van der Waals surface area contributed by atoms with Crippen LogP contribution in [0.25, 0.3) is 0 Å².